The fraction of sp³-hybridized carbons (Fsp3) is 0.933. The van der Waals surface area contributed by atoms with Crippen molar-refractivity contribution in [2.24, 2.45) is 62.6 Å². The molecule has 5 aliphatic carbocycles. The number of carbonyl (C=O) groups is 2. The monoisotopic (exact) mass is 472 g/mol. The quantitative estimate of drug-likeness (QED) is 0.502. The van der Waals surface area contributed by atoms with Gasteiger partial charge in [-0.05, 0) is 110 Å². The van der Waals surface area contributed by atoms with E-state index in [1.807, 2.05) is 6.92 Å². The SMILES string of the molecule is CC(C)[C@@H]1CC[C@]2(C(=O)O)CC[C@]3(C)[C@H](CC[C@@H]4[C@@]5(C)CCC(=O)C(C)(CO)[C@@H]5CC[C@]43C)[C@@H]12. The number of carboxylic acid groups (broad SMARTS) is 1. The third-order valence-corrected chi connectivity index (χ3v) is 13.7. The van der Waals surface area contributed by atoms with Crippen LogP contribution in [0.2, 0.25) is 0 Å². The van der Waals surface area contributed by atoms with Crippen LogP contribution < -0.4 is 0 Å². The Morgan fingerprint density at radius 1 is 0.912 bits per heavy atom. The van der Waals surface area contributed by atoms with Crippen molar-refractivity contribution in [3.05, 3.63) is 0 Å². The molecule has 1 unspecified atom stereocenters. The lowest BCUT2D eigenvalue weighted by Crippen LogP contribution is -2.67. The van der Waals surface area contributed by atoms with Crippen molar-refractivity contribution in [1.82, 2.24) is 0 Å². The number of ketones is 1. The van der Waals surface area contributed by atoms with Crippen molar-refractivity contribution in [2.75, 3.05) is 6.61 Å². The molecule has 2 N–H and O–H groups in total. The van der Waals surface area contributed by atoms with Crippen molar-refractivity contribution in [2.45, 2.75) is 106 Å². The number of aliphatic hydroxyl groups is 1. The first kappa shape index (κ1) is 24.8. The van der Waals surface area contributed by atoms with Crippen LogP contribution >= 0.6 is 0 Å². The smallest absolute Gasteiger partial charge is 0.309 e. The zero-order chi connectivity index (χ0) is 24.9. The number of fused-ring (bicyclic) bond motifs is 7. The average Bonchev–Trinajstić information content (AvgIpc) is 3.18. The number of carboxylic acids is 1. The first-order valence-electron chi connectivity index (χ1n) is 14.2. The number of aliphatic carboxylic acids is 1. The maximum absolute atomic E-state index is 13.0. The van der Waals surface area contributed by atoms with E-state index in [9.17, 15) is 19.8 Å². The summed E-state index contributed by atoms with van der Waals surface area (Å²) in [4.78, 5) is 25.8. The van der Waals surface area contributed by atoms with Crippen LogP contribution in [0.3, 0.4) is 0 Å². The lowest BCUT2D eigenvalue weighted by atomic mass is 9.32. The van der Waals surface area contributed by atoms with E-state index in [1.54, 1.807) is 0 Å². The molecule has 34 heavy (non-hydrogen) atoms. The van der Waals surface area contributed by atoms with E-state index in [0.29, 0.717) is 36.0 Å². The van der Waals surface area contributed by atoms with Crippen LogP contribution in [0.4, 0.5) is 0 Å². The molecule has 0 spiro atoms. The standard InChI is InChI=1S/C30H48O4/c1-18(2)19-9-14-30(25(33)34)16-15-28(5)20(24(19)30)7-8-22-26(3)12-11-23(32)27(4,17-31)21(26)10-13-29(22,28)6/h18-22,24,31H,7-17H2,1-6H3,(H,33,34)/t19-,20+,21+,22+,24+,26-,27?,28+,29+,30-/m0/s1. The fourth-order valence-electron chi connectivity index (χ4n) is 11.6. The number of hydrogen-bond acceptors (Lipinski definition) is 3. The van der Waals surface area contributed by atoms with Crippen LogP contribution in [-0.2, 0) is 9.59 Å². The van der Waals surface area contributed by atoms with Crippen LogP contribution in [0, 0.1) is 62.6 Å². The van der Waals surface area contributed by atoms with Gasteiger partial charge >= 0.3 is 5.97 Å². The second-order valence-corrected chi connectivity index (χ2v) is 14.6. The number of hydrogen-bond donors (Lipinski definition) is 2. The highest BCUT2D eigenvalue weighted by molar-refractivity contribution is 5.86. The highest BCUT2D eigenvalue weighted by Crippen LogP contribution is 2.77. The average molecular weight is 473 g/mol. The number of rotatable bonds is 3. The third-order valence-electron chi connectivity index (χ3n) is 13.7. The minimum Gasteiger partial charge on any atom is -0.481 e. The Kier molecular flexibility index (Phi) is 5.51. The molecule has 0 heterocycles. The third kappa shape index (κ3) is 2.76. The number of Topliss-reactive ketones (excluding diaryl/α,β-unsaturated/α-hetero) is 1. The molecule has 192 valence electrons. The molecular formula is C30H48O4. The summed E-state index contributed by atoms with van der Waals surface area (Å²) in [5.74, 6) is 2.33. The van der Waals surface area contributed by atoms with Crippen molar-refractivity contribution < 1.29 is 19.8 Å². The predicted octanol–water partition coefficient (Wildman–Crippen LogP) is 6.35. The maximum Gasteiger partial charge on any atom is 0.309 e. The second kappa shape index (κ2) is 7.56. The van der Waals surface area contributed by atoms with Gasteiger partial charge in [-0.15, -0.1) is 0 Å². The Morgan fingerprint density at radius 3 is 2.24 bits per heavy atom. The first-order chi connectivity index (χ1) is 15.8. The molecule has 0 aromatic heterocycles. The van der Waals surface area contributed by atoms with Gasteiger partial charge in [-0.1, -0.05) is 41.5 Å². The maximum atomic E-state index is 13.0. The minimum atomic E-state index is -0.606. The Bertz CT molecular complexity index is 881. The van der Waals surface area contributed by atoms with Crippen molar-refractivity contribution >= 4 is 11.8 Å². The van der Waals surface area contributed by atoms with E-state index < -0.39 is 16.8 Å². The molecular weight excluding hydrogens is 424 g/mol. The van der Waals surface area contributed by atoms with Gasteiger partial charge in [0.1, 0.15) is 5.78 Å². The van der Waals surface area contributed by atoms with Gasteiger partial charge in [0.15, 0.2) is 0 Å². The van der Waals surface area contributed by atoms with Gasteiger partial charge in [-0.3, -0.25) is 9.59 Å². The molecule has 0 radical (unpaired) electrons. The normalized spacial score (nSPS) is 54.7. The molecule has 5 saturated carbocycles. The largest absolute Gasteiger partial charge is 0.481 e. The molecule has 0 aromatic carbocycles. The molecule has 5 fully saturated rings. The molecule has 0 aliphatic heterocycles. The molecule has 10 atom stereocenters. The van der Waals surface area contributed by atoms with Gasteiger partial charge in [0.2, 0.25) is 0 Å². The molecule has 4 heteroatoms. The zero-order valence-corrected chi connectivity index (χ0v) is 22.5. The van der Waals surface area contributed by atoms with E-state index in [-0.39, 0.29) is 34.6 Å². The van der Waals surface area contributed by atoms with E-state index in [4.69, 9.17) is 0 Å². The summed E-state index contributed by atoms with van der Waals surface area (Å²) in [5.41, 5.74) is -0.753. The van der Waals surface area contributed by atoms with E-state index in [1.165, 1.54) is 0 Å². The molecule has 5 aliphatic rings. The molecule has 0 bridgehead atoms. The van der Waals surface area contributed by atoms with Gasteiger partial charge in [0.05, 0.1) is 17.4 Å². The topological polar surface area (TPSA) is 74.6 Å². The summed E-state index contributed by atoms with van der Waals surface area (Å²) in [5, 5.41) is 20.9. The van der Waals surface area contributed by atoms with E-state index >= 15 is 0 Å². The highest BCUT2D eigenvalue weighted by Gasteiger charge is 2.72. The number of aliphatic hydroxyl groups excluding tert-OH is 1. The fourth-order valence-corrected chi connectivity index (χ4v) is 11.6. The molecule has 0 saturated heterocycles. The Hall–Kier alpha value is -0.900. The zero-order valence-electron chi connectivity index (χ0n) is 22.5. The van der Waals surface area contributed by atoms with Crippen molar-refractivity contribution in [3.63, 3.8) is 0 Å². The molecule has 0 amide bonds. The van der Waals surface area contributed by atoms with Gasteiger partial charge < -0.3 is 10.2 Å². The minimum absolute atomic E-state index is 0.0330. The highest BCUT2D eigenvalue weighted by atomic mass is 16.4. The summed E-state index contributed by atoms with van der Waals surface area (Å²) in [7, 11) is 0. The van der Waals surface area contributed by atoms with Crippen LogP contribution in [0.5, 0.6) is 0 Å². The lowest BCUT2D eigenvalue weighted by molar-refractivity contribution is -0.240. The summed E-state index contributed by atoms with van der Waals surface area (Å²) >= 11 is 0. The second-order valence-electron chi connectivity index (χ2n) is 14.6. The first-order valence-corrected chi connectivity index (χ1v) is 14.2. The summed E-state index contributed by atoms with van der Waals surface area (Å²) < 4.78 is 0. The van der Waals surface area contributed by atoms with Gasteiger partial charge in [0, 0.05) is 6.42 Å². The van der Waals surface area contributed by atoms with Gasteiger partial charge in [-0.2, -0.15) is 0 Å². The molecule has 4 nitrogen and oxygen atoms in total. The molecule has 0 aromatic rings. The van der Waals surface area contributed by atoms with Crippen LogP contribution in [0.25, 0.3) is 0 Å². The van der Waals surface area contributed by atoms with Crippen LogP contribution in [0.15, 0.2) is 0 Å². The van der Waals surface area contributed by atoms with E-state index in [0.717, 1.165) is 57.8 Å². The lowest BCUT2D eigenvalue weighted by Gasteiger charge is -2.72. The number of carbonyl (C=O) groups excluding carboxylic acids is 1. The van der Waals surface area contributed by atoms with Crippen LogP contribution in [-0.4, -0.2) is 28.6 Å². The van der Waals surface area contributed by atoms with E-state index in [2.05, 4.69) is 34.6 Å². The predicted molar refractivity (Wildman–Crippen MR) is 133 cm³/mol. The Morgan fingerprint density at radius 2 is 1.62 bits per heavy atom. The molecule has 5 rings (SSSR count). The summed E-state index contributed by atoms with van der Waals surface area (Å²) in [6.07, 6.45) is 9.72. The Labute approximate surface area is 206 Å². The van der Waals surface area contributed by atoms with Crippen molar-refractivity contribution in [1.29, 1.82) is 0 Å². The van der Waals surface area contributed by atoms with Crippen LogP contribution in [0.1, 0.15) is 106 Å². The summed E-state index contributed by atoms with van der Waals surface area (Å²) in [6.45, 7) is 14.1. The van der Waals surface area contributed by atoms with Gasteiger partial charge in [0.25, 0.3) is 0 Å². The Balaban J connectivity index is 1.56. The van der Waals surface area contributed by atoms with Gasteiger partial charge in [-0.25, -0.2) is 0 Å². The summed E-state index contributed by atoms with van der Waals surface area (Å²) in [6, 6.07) is 0. The van der Waals surface area contributed by atoms with Crippen molar-refractivity contribution in [3.8, 4) is 0 Å².